The molecule has 0 aromatic carbocycles. The molecule has 0 saturated heterocycles. The first-order valence-electron chi connectivity index (χ1n) is 10.9. The maximum Gasteiger partial charge on any atom is 0.156 e. The second-order valence-electron chi connectivity index (χ2n) is 10.2. The summed E-state index contributed by atoms with van der Waals surface area (Å²) >= 11 is 0. The van der Waals surface area contributed by atoms with Gasteiger partial charge in [0.05, 0.1) is 0 Å². The van der Waals surface area contributed by atoms with Crippen molar-refractivity contribution in [3.05, 3.63) is 23.3 Å². The summed E-state index contributed by atoms with van der Waals surface area (Å²) in [4.78, 5) is 12.1. The number of fused-ring (bicyclic) bond motifs is 5. The van der Waals surface area contributed by atoms with E-state index in [0.29, 0.717) is 29.6 Å². The molecule has 4 rings (SSSR count). The number of hydrogen-bond donors (Lipinski definition) is 1. The molecule has 144 valence electrons. The predicted octanol–water partition coefficient (Wildman–Crippen LogP) is 5.32. The molecule has 0 amide bonds. The molecule has 26 heavy (non-hydrogen) atoms. The maximum atomic E-state index is 12.1. The Labute approximate surface area is 159 Å². The van der Waals surface area contributed by atoms with Gasteiger partial charge in [0.25, 0.3) is 0 Å². The largest absolute Gasteiger partial charge is 0.396 e. The molecule has 7 atom stereocenters. The zero-order valence-corrected chi connectivity index (χ0v) is 17.1. The standard InChI is InChI=1S/C24H36O2/c1-5-16-12-18-20-7-6-19(15(2)14-25)23(20,3)11-9-21(18)24(4)10-8-17(26)13-22(16)24/h5,13,15,18-21,25H,6-12,14H2,1-4H3/b16-5-/t15-,18+,19-,20+,21+,23-,24-/m1/s1. The molecule has 3 fully saturated rings. The van der Waals surface area contributed by atoms with Crippen LogP contribution in [0.25, 0.3) is 0 Å². The van der Waals surface area contributed by atoms with Gasteiger partial charge in [-0.1, -0.05) is 26.8 Å². The quantitative estimate of drug-likeness (QED) is 0.727. The molecule has 0 heterocycles. The number of carbonyl (C=O) groups is 1. The average molecular weight is 357 g/mol. The second kappa shape index (κ2) is 6.33. The fraction of sp³-hybridized carbons (Fsp3) is 0.792. The summed E-state index contributed by atoms with van der Waals surface area (Å²) < 4.78 is 0. The molecule has 0 aliphatic heterocycles. The summed E-state index contributed by atoms with van der Waals surface area (Å²) in [6, 6.07) is 0. The van der Waals surface area contributed by atoms with Crippen molar-refractivity contribution in [3.63, 3.8) is 0 Å². The van der Waals surface area contributed by atoms with E-state index < -0.39 is 0 Å². The summed E-state index contributed by atoms with van der Waals surface area (Å²) in [6.45, 7) is 9.72. The third-order valence-corrected chi connectivity index (χ3v) is 9.27. The van der Waals surface area contributed by atoms with Crippen LogP contribution in [0.3, 0.4) is 0 Å². The fourth-order valence-corrected chi connectivity index (χ4v) is 7.86. The molecule has 0 spiro atoms. The molecular weight excluding hydrogens is 320 g/mol. The van der Waals surface area contributed by atoms with Gasteiger partial charge in [0.2, 0.25) is 0 Å². The van der Waals surface area contributed by atoms with Gasteiger partial charge in [-0.05, 0) is 103 Å². The second-order valence-corrected chi connectivity index (χ2v) is 10.2. The normalized spacial score (nSPS) is 47.8. The molecule has 0 unspecified atom stereocenters. The topological polar surface area (TPSA) is 37.3 Å². The van der Waals surface area contributed by atoms with Gasteiger partial charge in [0, 0.05) is 13.0 Å². The molecule has 0 aromatic rings. The van der Waals surface area contributed by atoms with Crippen molar-refractivity contribution in [3.8, 4) is 0 Å². The Morgan fingerprint density at radius 3 is 2.69 bits per heavy atom. The minimum Gasteiger partial charge on any atom is -0.396 e. The van der Waals surface area contributed by atoms with E-state index in [9.17, 15) is 9.90 Å². The third-order valence-electron chi connectivity index (χ3n) is 9.27. The fourth-order valence-electron chi connectivity index (χ4n) is 7.86. The first kappa shape index (κ1) is 18.5. The van der Waals surface area contributed by atoms with Gasteiger partial charge < -0.3 is 5.11 Å². The molecule has 1 N–H and O–H groups in total. The van der Waals surface area contributed by atoms with E-state index in [4.69, 9.17) is 0 Å². The van der Waals surface area contributed by atoms with Crippen molar-refractivity contribution in [1.29, 1.82) is 0 Å². The maximum absolute atomic E-state index is 12.1. The molecule has 3 saturated carbocycles. The lowest BCUT2D eigenvalue weighted by Gasteiger charge is -2.59. The number of allylic oxidation sites excluding steroid dienone is 3. The van der Waals surface area contributed by atoms with Gasteiger partial charge in [0.15, 0.2) is 5.78 Å². The molecule has 2 nitrogen and oxygen atoms in total. The molecule has 2 heteroatoms. The van der Waals surface area contributed by atoms with E-state index in [1.54, 1.807) is 0 Å². The average Bonchev–Trinajstić information content (AvgIpc) is 2.98. The van der Waals surface area contributed by atoms with Crippen molar-refractivity contribution in [2.24, 2.45) is 40.4 Å². The molecule has 0 radical (unpaired) electrons. The Morgan fingerprint density at radius 2 is 2.00 bits per heavy atom. The number of aliphatic hydroxyl groups is 1. The number of ketones is 1. The molecule has 4 aliphatic rings. The molecule has 4 aliphatic carbocycles. The van der Waals surface area contributed by atoms with Crippen LogP contribution in [0.15, 0.2) is 23.3 Å². The third kappa shape index (κ3) is 2.44. The van der Waals surface area contributed by atoms with Gasteiger partial charge >= 0.3 is 0 Å². The number of rotatable bonds is 2. The van der Waals surface area contributed by atoms with Gasteiger partial charge in [-0.25, -0.2) is 0 Å². The van der Waals surface area contributed by atoms with Crippen molar-refractivity contribution in [2.75, 3.05) is 6.61 Å². The van der Waals surface area contributed by atoms with Crippen molar-refractivity contribution in [1.82, 2.24) is 0 Å². The van der Waals surface area contributed by atoms with Crippen molar-refractivity contribution in [2.45, 2.75) is 72.6 Å². The zero-order chi connectivity index (χ0) is 18.7. The van der Waals surface area contributed by atoms with Crippen LogP contribution in [0.5, 0.6) is 0 Å². The first-order chi connectivity index (χ1) is 12.3. The Bertz CT molecular complexity index is 659. The van der Waals surface area contributed by atoms with Gasteiger partial charge in [0.1, 0.15) is 0 Å². The van der Waals surface area contributed by atoms with Crippen LogP contribution in [0.4, 0.5) is 0 Å². The van der Waals surface area contributed by atoms with Crippen LogP contribution in [0.2, 0.25) is 0 Å². The Morgan fingerprint density at radius 1 is 1.23 bits per heavy atom. The molecule has 0 aromatic heterocycles. The highest BCUT2D eigenvalue weighted by molar-refractivity contribution is 5.92. The number of hydrogen-bond acceptors (Lipinski definition) is 2. The summed E-state index contributed by atoms with van der Waals surface area (Å²) in [7, 11) is 0. The highest BCUT2D eigenvalue weighted by Crippen LogP contribution is 2.68. The van der Waals surface area contributed by atoms with E-state index in [1.165, 1.54) is 36.8 Å². The smallest absolute Gasteiger partial charge is 0.156 e. The Kier molecular flexibility index (Phi) is 4.50. The Balaban J connectivity index is 1.71. The summed E-state index contributed by atoms with van der Waals surface area (Å²) in [6.07, 6.45) is 12.4. The van der Waals surface area contributed by atoms with Crippen LogP contribution in [-0.4, -0.2) is 17.5 Å². The molecular formula is C24H36O2. The van der Waals surface area contributed by atoms with Crippen molar-refractivity contribution >= 4 is 5.78 Å². The van der Waals surface area contributed by atoms with E-state index >= 15 is 0 Å². The summed E-state index contributed by atoms with van der Waals surface area (Å²) in [5.41, 5.74) is 3.41. The van der Waals surface area contributed by atoms with Crippen LogP contribution in [-0.2, 0) is 4.79 Å². The lowest BCUT2D eigenvalue weighted by atomic mass is 9.45. The van der Waals surface area contributed by atoms with Crippen LogP contribution in [0.1, 0.15) is 72.6 Å². The summed E-state index contributed by atoms with van der Waals surface area (Å²) in [5, 5.41) is 9.78. The number of aliphatic hydroxyl groups excluding tert-OH is 1. The van der Waals surface area contributed by atoms with Crippen LogP contribution in [0, 0.1) is 40.4 Å². The van der Waals surface area contributed by atoms with E-state index in [1.807, 2.05) is 6.08 Å². The van der Waals surface area contributed by atoms with Crippen LogP contribution >= 0.6 is 0 Å². The predicted molar refractivity (Wildman–Crippen MR) is 106 cm³/mol. The highest BCUT2D eigenvalue weighted by Gasteiger charge is 2.60. The molecule has 0 bridgehead atoms. The van der Waals surface area contributed by atoms with Gasteiger partial charge in [-0.2, -0.15) is 0 Å². The van der Waals surface area contributed by atoms with E-state index in [-0.39, 0.29) is 5.41 Å². The number of carbonyl (C=O) groups excluding carboxylic acids is 1. The lowest BCUT2D eigenvalue weighted by molar-refractivity contribution is -0.117. The SMILES string of the molecule is C/C=C1/C[C@H]2[C@@H]3CC[C@H]([C@H](C)CO)[C@@]3(C)CC[C@@H]2[C@@]2(C)CCC(=O)C=C12. The summed E-state index contributed by atoms with van der Waals surface area (Å²) in [5.74, 6) is 3.69. The monoisotopic (exact) mass is 356 g/mol. The van der Waals surface area contributed by atoms with Gasteiger partial charge in [-0.3, -0.25) is 4.79 Å². The minimum atomic E-state index is 0.195. The first-order valence-corrected chi connectivity index (χ1v) is 10.9. The van der Waals surface area contributed by atoms with E-state index in [0.717, 1.165) is 37.0 Å². The van der Waals surface area contributed by atoms with Gasteiger partial charge in [-0.15, -0.1) is 0 Å². The Hall–Kier alpha value is -0.890. The minimum absolute atomic E-state index is 0.195. The highest BCUT2D eigenvalue weighted by atomic mass is 16.3. The van der Waals surface area contributed by atoms with E-state index in [2.05, 4.69) is 33.8 Å². The van der Waals surface area contributed by atoms with Crippen LogP contribution < -0.4 is 0 Å². The van der Waals surface area contributed by atoms with Crippen molar-refractivity contribution < 1.29 is 9.90 Å². The zero-order valence-electron chi connectivity index (χ0n) is 17.1. The lowest BCUT2D eigenvalue weighted by Crippen LogP contribution is -2.51.